The van der Waals surface area contributed by atoms with E-state index in [0.717, 1.165) is 51.4 Å². The molecule has 0 aromatic carbocycles. The molecule has 47 heavy (non-hydrogen) atoms. The number of unbranched alkanes of at least 4 members (excludes halogenated alkanes) is 27. The van der Waals surface area contributed by atoms with Crippen molar-refractivity contribution in [3.8, 4) is 0 Å². The Bertz CT molecular complexity index is 713. The minimum absolute atomic E-state index is 0.0625. The summed E-state index contributed by atoms with van der Waals surface area (Å²) in [5.74, 6) is -0.782. The van der Waals surface area contributed by atoms with Crippen molar-refractivity contribution in [3.63, 3.8) is 0 Å². The van der Waals surface area contributed by atoms with Gasteiger partial charge in [0.15, 0.2) is 0 Å². The van der Waals surface area contributed by atoms with Crippen molar-refractivity contribution in [1.29, 1.82) is 0 Å². The van der Waals surface area contributed by atoms with Crippen LogP contribution in [0.3, 0.4) is 0 Å². The molecule has 0 radical (unpaired) electrons. The molecule has 0 amide bonds. The van der Waals surface area contributed by atoms with Crippen LogP contribution in [0.4, 0.5) is 0 Å². The monoisotopic (exact) mass is 661 g/mol. The van der Waals surface area contributed by atoms with Crippen LogP contribution in [0.1, 0.15) is 232 Å². The molecule has 0 rings (SSSR count). The van der Waals surface area contributed by atoms with Crippen molar-refractivity contribution in [2.45, 2.75) is 238 Å². The molecule has 0 heterocycles. The fourth-order valence-electron chi connectivity index (χ4n) is 6.27. The fraction of sp³-hybridized carbons (Fsp3) is 0.860. The molecule has 0 aliphatic heterocycles. The zero-order valence-corrected chi connectivity index (χ0v) is 31.6. The third-order valence-electron chi connectivity index (χ3n) is 9.38. The summed E-state index contributed by atoms with van der Waals surface area (Å²) in [5, 5.41) is 8.82. The van der Waals surface area contributed by atoms with Gasteiger partial charge in [-0.05, 0) is 70.3 Å². The molecule has 0 aliphatic rings. The van der Waals surface area contributed by atoms with Gasteiger partial charge in [-0.2, -0.15) is 0 Å². The van der Waals surface area contributed by atoms with Crippen molar-refractivity contribution >= 4 is 11.9 Å². The first-order valence-electron chi connectivity index (χ1n) is 20.8. The Morgan fingerprint density at radius 2 is 0.830 bits per heavy atom. The van der Waals surface area contributed by atoms with Crippen molar-refractivity contribution in [1.82, 2.24) is 0 Å². The number of hydrogen-bond acceptors (Lipinski definition) is 3. The number of carbonyl (C=O) groups excluding carboxylic acids is 1. The van der Waals surface area contributed by atoms with Gasteiger partial charge in [-0.1, -0.05) is 173 Å². The summed E-state index contributed by atoms with van der Waals surface area (Å²) in [5.41, 5.74) is 0. The van der Waals surface area contributed by atoms with Crippen LogP contribution in [0.15, 0.2) is 24.3 Å². The van der Waals surface area contributed by atoms with E-state index in [9.17, 15) is 9.59 Å². The highest BCUT2D eigenvalue weighted by atomic mass is 16.5. The summed E-state index contributed by atoms with van der Waals surface area (Å²) in [4.78, 5) is 23.3. The van der Waals surface area contributed by atoms with Gasteiger partial charge in [0, 0.05) is 12.8 Å². The number of carboxylic acids is 1. The highest BCUT2D eigenvalue weighted by molar-refractivity contribution is 5.69. The molecule has 0 aromatic rings. The van der Waals surface area contributed by atoms with Gasteiger partial charge in [0.2, 0.25) is 0 Å². The van der Waals surface area contributed by atoms with Crippen LogP contribution >= 0.6 is 0 Å². The number of carbonyl (C=O) groups is 2. The molecule has 4 nitrogen and oxygen atoms in total. The maximum atomic E-state index is 12.6. The van der Waals surface area contributed by atoms with E-state index in [1.807, 2.05) is 0 Å². The number of carboxylic acid groups (broad SMARTS) is 1. The third kappa shape index (κ3) is 38.7. The second-order valence-electron chi connectivity index (χ2n) is 14.2. The highest BCUT2D eigenvalue weighted by Crippen LogP contribution is 2.16. The Hall–Kier alpha value is -1.58. The second-order valence-corrected chi connectivity index (χ2v) is 14.2. The number of allylic oxidation sites excluding steroid dienone is 3. The van der Waals surface area contributed by atoms with Gasteiger partial charge in [-0.15, -0.1) is 0 Å². The molecule has 276 valence electrons. The van der Waals surface area contributed by atoms with Crippen molar-refractivity contribution in [3.05, 3.63) is 24.3 Å². The quantitative estimate of drug-likeness (QED) is 0.0407. The molecule has 0 fully saturated rings. The molecule has 0 aromatic heterocycles. The minimum atomic E-state index is -0.720. The summed E-state index contributed by atoms with van der Waals surface area (Å²) in [6.45, 7) is 4.53. The third-order valence-corrected chi connectivity index (χ3v) is 9.38. The van der Waals surface area contributed by atoms with E-state index in [0.29, 0.717) is 6.42 Å². The van der Waals surface area contributed by atoms with E-state index in [1.54, 1.807) is 0 Å². The molecular formula is C43H80O4. The first-order valence-corrected chi connectivity index (χ1v) is 20.8. The Balaban J connectivity index is 3.75. The van der Waals surface area contributed by atoms with Crippen molar-refractivity contribution in [2.75, 3.05) is 0 Å². The van der Waals surface area contributed by atoms with Crippen LogP contribution in [0, 0.1) is 0 Å². The molecule has 0 saturated carbocycles. The number of ether oxygens (including phenoxy) is 1. The van der Waals surface area contributed by atoms with Crippen LogP contribution in [0.25, 0.3) is 0 Å². The van der Waals surface area contributed by atoms with E-state index in [4.69, 9.17) is 9.84 Å². The first-order chi connectivity index (χ1) is 23.1. The summed E-state index contributed by atoms with van der Waals surface area (Å²) >= 11 is 0. The van der Waals surface area contributed by atoms with E-state index in [-0.39, 0.29) is 18.5 Å². The number of rotatable bonds is 38. The van der Waals surface area contributed by atoms with E-state index < -0.39 is 5.97 Å². The Morgan fingerprint density at radius 3 is 1.28 bits per heavy atom. The van der Waals surface area contributed by atoms with Gasteiger partial charge in [-0.3, -0.25) is 9.59 Å². The maximum absolute atomic E-state index is 12.6. The van der Waals surface area contributed by atoms with Crippen LogP contribution < -0.4 is 0 Å². The molecule has 4 heteroatoms. The predicted octanol–water partition coefficient (Wildman–Crippen LogP) is 14.4. The largest absolute Gasteiger partial charge is 0.481 e. The maximum Gasteiger partial charge on any atom is 0.306 e. The average Bonchev–Trinajstić information content (AvgIpc) is 3.05. The zero-order chi connectivity index (χ0) is 34.3. The minimum Gasteiger partial charge on any atom is -0.481 e. The number of aliphatic carboxylic acids is 1. The standard InChI is InChI=1S/C43H80O4/c1-3-5-7-9-11-12-13-14-15-16-17-18-19-20-21-22-23-24-25-26-28-30-36-40-43(46)47-41(37-33-29-27-10-8-6-4-2)38-34-31-32-35-39-42(44)45/h16-17,33,37,41H,3-15,18-32,34-36,38-40H2,1-2H3,(H,44,45)/b17-16-,37-33-. The van der Waals surface area contributed by atoms with Crippen molar-refractivity contribution < 1.29 is 19.4 Å². The lowest BCUT2D eigenvalue weighted by Crippen LogP contribution is -2.16. The number of hydrogen-bond donors (Lipinski definition) is 1. The van der Waals surface area contributed by atoms with Crippen molar-refractivity contribution in [2.24, 2.45) is 0 Å². The van der Waals surface area contributed by atoms with E-state index in [1.165, 1.54) is 154 Å². The second kappa shape index (κ2) is 38.9. The molecule has 1 N–H and O–H groups in total. The van der Waals surface area contributed by atoms with Crippen LogP contribution in [-0.4, -0.2) is 23.1 Å². The summed E-state index contributed by atoms with van der Waals surface area (Å²) in [6, 6.07) is 0. The topological polar surface area (TPSA) is 63.6 Å². The lowest BCUT2D eigenvalue weighted by atomic mass is 10.0. The van der Waals surface area contributed by atoms with Crippen LogP contribution in [-0.2, 0) is 14.3 Å². The predicted molar refractivity (Wildman–Crippen MR) is 204 cm³/mol. The lowest BCUT2D eigenvalue weighted by molar-refractivity contribution is -0.147. The fourth-order valence-corrected chi connectivity index (χ4v) is 6.27. The van der Waals surface area contributed by atoms with Gasteiger partial charge in [0.05, 0.1) is 0 Å². The van der Waals surface area contributed by atoms with Gasteiger partial charge < -0.3 is 9.84 Å². The van der Waals surface area contributed by atoms with E-state index >= 15 is 0 Å². The van der Waals surface area contributed by atoms with Gasteiger partial charge in [0.25, 0.3) is 0 Å². The van der Waals surface area contributed by atoms with Crippen LogP contribution in [0.2, 0.25) is 0 Å². The number of esters is 1. The normalized spacial score (nSPS) is 12.4. The lowest BCUT2D eigenvalue weighted by Gasteiger charge is -2.15. The summed E-state index contributed by atoms with van der Waals surface area (Å²) < 4.78 is 5.87. The SMILES string of the molecule is CCCCCCC/C=C\C(CCCCCCC(=O)O)OC(=O)CCCCCCCCCCCCC/C=C\CCCCCCCCCC. The molecular weight excluding hydrogens is 580 g/mol. The average molecular weight is 661 g/mol. The van der Waals surface area contributed by atoms with Gasteiger partial charge in [-0.25, -0.2) is 0 Å². The Morgan fingerprint density at radius 1 is 0.468 bits per heavy atom. The molecule has 1 atom stereocenters. The molecule has 0 aliphatic carbocycles. The molecule has 0 bridgehead atoms. The van der Waals surface area contributed by atoms with E-state index in [2.05, 4.69) is 38.2 Å². The molecule has 1 unspecified atom stereocenters. The summed E-state index contributed by atoms with van der Waals surface area (Å²) in [7, 11) is 0. The van der Waals surface area contributed by atoms with Gasteiger partial charge >= 0.3 is 11.9 Å². The molecule has 0 saturated heterocycles. The van der Waals surface area contributed by atoms with Crippen LogP contribution in [0.5, 0.6) is 0 Å². The Kier molecular flexibility index (Phi) is 37.6. The molecule has 0 spiro atoms. The van der Waals surface area contributed by atoms with Gasteiger partial charge in [0.1, 0.15) is 6.10 Å². The first kappa shape index (κ1) is 45.4. The Labute approximate surface area is 293 Å². The smallest absolute Gasteiger partial charge is 0.306 e. The zero-order valence-electron chi connectivity index (χ0n) is 31.6. The summed E-state index contributed by atoms with van der Waals surface area (Å²) in [6.07, 6.45) is 49.5. The highest BCUT2D eigenvalue weighted by Gasteiger charge is 2.11.